The summed E-state index contributed by atoms with van der Waals surface area (Å²) in [5.74, 6) is 0.545. The van der Waals surface area contributed by atoms with Crippen LogP contribution >= 0.6 is 0 Å². The lowest BCUT2D eigenvalue weighted by Crippen LogP contribution is -1.88. The quantitative estimate of drug-likeness (QED) is 0.715. The number of aromatic amines is 1. The number of nitrogens with one attached hydrogen (secondary N) is 1. The van der Waals surface area contributed by atoms with E-state index in [1.807, 2.05) is 26.1 Å². The average Bonchev–Trinajstić information content (AvgIpc) is 2.49. The summed E-state index contributed by atoms with van der Waals surface area (Å²) in [4.78, 5) is 4.08. The molecule has 0 saturated carbocycles. The van der Waals surface area contributed by atoms with Crippen LogP contribution in [0.4, 0.5) is 5.82 Å². The molecule has 14 heavy (non-hydrogen) atoms. The predicted molar refractivity (Wildman–Crippen MR) is 55.7 cm³/mol. The average molecular weight is 188 g/mol. The first kappa shape index (κ1) is 8.74. The highest BCUT2D eigenvalue weighted by Crippen LogP contribution is 2.25. The summed E-state index contributed by atoms with van der Waals surface area (Å²) in [5.41, 5.74) is 9.80. The number of H-pyrrole nitrogens is 1. The van der Waals surface area contributed by atoms with E-state index < -0.39 is 0 Å². The first-order valence-corrected chi connectivity index (χ1v) is 4.41. The number of rotatable bonds is 1. The monoisotopic (exact) mass is 188 g/mol. The Morgan fingerprint density at radius 1 is 1.36 bits per heavy atom. The fourth-order valence-corrected chi connectivity index (χ4v) is 1.40. The third-order valence-corrected chi connectivity index (χ3v) is 2.36. The number of hydrogen-bond donors (Lipinski definition) is 2. The second-order valence-electron chi connectivity index (χ2n) is 3.30. The van der Waals surface area contributed by atoms with Gasteiger partial charge in [-0.05, 0) is 25.5 Å². The van der Waals surface area contributed by atoms with Gasteiger partial charge in [-0.15, -0.1) is 0 Å². The molecule has 0 radical (unpaired) electrons. The number of anilines is 1. The van der Waals surface area contributed by atoms with Gasteiger partial charge < -0.3 is 5.73 Å². The number of aromatic nitrogens is 3. The van der Waals surface area contributed by atoms with E-state index >= 15 is 0 Å². The summed E-state index contributed by atoms with van der Waals surface area (Å²) in [6, 6.07) is 1.96. The van der Waals surface area contributed by atoms with E-state index in [9.17, 15) is 0 Å². The van der Waals surface area contributed by atoms with Gasteiger partial charge >= 0.3 is 0 Å². The highest BCUT2D eigenvalue weighted by molar-refractivity contribution is 5.69. The van der Waals surface area contributed by atoms with Gasteiger partial charge in [0.05, 0.1) is 5.69 Å². The van der Waals surface area contributed by atoms with E-state index in [0.717, 1.165) is 22.4 Å². The number of nitrogens with zero attached hydrogens (tertiary/aromatic N) is 2. The Balaban J connectivity index is 2.60. The van der Waals surface area contributed by atoms with Crippen molar-refractivity contribution in [2.24, 2.45) is 0 Å². The Bertz CT molecular complexity index is 459. The third kappa shape index (κ3) is 1.25. The van der Waals surface area contributed by atoms with E-state index in [1.165, 1.54) is 0 Å². The van der Waals surface area contributed by atoms with Crippen LogP contribution in [0.25, 0.3) is 11.3 Å². The van der Waals surface area contributed by atoms with Crippen LogP contribution in [0.5, 0.6) is 0 Å². The molecule has 0 atom stereocenters. The molecule has 0 aliphatic carbocycles. The Morgan fingerprint density at radius 2 is 2.14 bits per heavy atom. The molecule has 2 aromatic heterocycles. The molecule has 2 aromatic rings. The normalized spacial score (nSPS) is 10.4. The summed E-state index contributed by atoms with van der Waals surface area (Å²) in [5, 5.41) is 6.87. The summed E-state index contributed by atoms with van der Waals surface area (Å²) in [6.07, 6.45) is 3.59. The maximum atomic E-state index is 5.67. The van der Waals surface area contributed by atoms with E-state index in [0.29, 0.717) is 5.82 Å². The zero-order valence-electron chi connectivity index (χ0n) is 8.20. The molecule has 2 rings (SSSR count). The SMILES string of the molecule is Cc1ccncc1-c1[nH]nc(N)c1C. The van der Waals surface area contributed by atoms with Gasteiger partial charge in [0.25, 0.3) is 0 Å². The van der Waals surface area contributed by atoms with Gasteiger partial charge in [0.1, 0.15) is 5.82 Å². The minimum atomic E-state index is 0.545. The molecule has 4 heteroatoms. The predicted octanol–water partition coefficient (Wildman–Crippen LogP) is 1.67. The van der Waals surface area contributed by atoms with Gasteiger partial charge in [-0.3, -0.25) is 10.1 Å². The van der Waals surface area contributed by atoms with E-state index in [1.54, 1.807) is 6.20 Å². The van der Waals surface area contributed by atoms with Crippen LogP contribution < -0.4 is 5.73 Å². The fraction of sp³-hybridized carbons (Fsp3) is 0.200. The van der Waals surface area contributed by atoms with Gasteiger partial charge in [0.2, 0.25) is 0 Å². The number of aryl methyl sites for hydroxylation is 1. The highest BCUT2D eigenvalue weighted by atomic mass is 15.2. The van der Waals surface area contributed by atoms with Gasteiger partial charge in [0, 0.05) is 23.5 Å². The van der Waals surface area contributed by atoms with Crippen molar-refractivity contribution in [3.8, 4) is 11.3 Å². The van der Waals surface area contributed by atoms with Crippen LogP contribution in [0, 0.1) is 13.8 Å². The first-order chi connectivity index (χ1) is 6.70. The van der Waals surface area contributed by atoms with Crippen LogP contribution in [0.15, 0.2) is 18.5 Å². The van der Waals surface area contributed by atoms with Crippen LogP contribution in [0.1, 0.15) is 11.1 Å². The molecule has 3 N–H and O–H groups in total. The fourth-order valence-electron chi connectivity index (χ4n) is 1.40. The van der Waals surface area contributed by atoms with E-state index in [4.69, 9.17) is 5.73 Å². The zero-order valence-corrected chi connectivity index (χ0v) is 8.20. The topological polar surface area (TPSA) is 67.6 Å². The number of nitrogen functional groups attached to an aromatic ring is 1. The Morgan fingerprint density at radius 3 is 2.71 bits per heavy atom. The van der Waals surface area contributed by atoms with Crippen molar-refractivity contribution < 1.29 is 0 Å². The van der Waals surface area contributed by atoms with Gasteiger partial charge in [-0.2, -0.15) is 5.10 Å². The molecule has 0 spiro atoms. The van der Waals surface area contributed by atoms with Crippen LogP contribution in [0.3, 0.4) is 0 Å². The number of hydrogen-bond acceptors (Lipinski definition) is 3. The lowest BCUT2D eigenvalue weighted by Gasteiger charge is -2.02. The second kappa shape index (κ2) is 3.14. The highest BCUT2D eigenvalue weighted by Gasteiger charge is 2.09. The molecule has 0 fully saturated rings. The Hall–Kier alpha value is -1.84. The Labute approximate surface area is 82.2 Å². The smallest absolute Gasteiger partial charge is 0.148 e. The molecular formula is C10H12N4. The van der Waals surface area contributed by atoms with Crippen molar-refractivity contribution in [1.82, 2.24) is 15.2 Å². The summed E-state index contributed by atoms with van der Waals surface area (Å²) in [6.45, 7) is 3.98. The van der Waals surface area contributed by atoms with Gasteiger partial charge in [-0.1, -0.05) is 0 Å². The minimum absolute atomic E-state index is 0.545. The summed E-state index contributed by atoms with van der Waals surface area (Å²) in [7, 11) is 0. The van der Waals surface area contributed by atoms with Crippen molar-refractivity contribution in [2.45, 2.75) is 13.8 Å². The molecular weight excluding hydrogens is 176 g/mol. The summed E-state index contributed by atoms with van der Waals surface area (Å²) >= 11 is 0. The first-order valence-electron chi connectivity index (χ1n) is 4.41. The van der Waals surface area contributed by atoms with Crippen molar-refractivity contribution in [2.75, 3.05) is 5.73 Å². The largest absolute Gasteiger partial charge is 0.382 e. The molecule has 0 amide bonds. The molecule has 0 saturated heterocycles. The number of nitrogens with two attached hydrogens (primary N) is 1. The van der Waals surface area contributed by atoms with Crippen molar-refractivity contribution in [1.29, 1.82) is 0 Å². The molecule has 4 nitrogen and oxygen atoms in total. The lowest BCUT2D eigenvalue weighted by atomic mass is 10.1. The van der Waals surface area contributed by atoms with Crippen LogP contribution in [-0.2, 0) is 0 Å². The molecule has 0 bridgehead atoms. The maximum Gasteiger partial charge on any atom is 0.148 e. The standard InChI is InChI=1S/C10H12N4/c1-6-3-4-12-5-8(6)9-7(2)10(11)14-13-9/h3-5H,1-2H3,(H3,11,13,14). The second-order valence-corrected chi connectivity index (χ2v) is 3.30. The Kier molecular flexibility index (Phi) is 1.96. The van der Waals surface area contributed by atoms with Crippen LogP contribution in [-0.4, -0.2) is 15.2 Å². The summed E-state index contributed by atoms with van der Waals surface area (Å²) < 4.78 is 0. The van der Waals surface area contributed by atoms with E-state index in [-0.39, 0.29) is 0 Å². The number of pyridine rings is 1. The molecule has 0 aliphatic rings. The molecule has 0 aliphatic heterocycles. The third-order valence-electron chi connectivity index (χ3n) is 2.36. The van der Waals surface area contributed by atoms with Crippen LogP contribution in [0.2, 0.25) is 0 Å². The van der Waals surface area contributed by atoms with E-state index in [2.05, 4.69) is 15.2 Å². The van der Waals surface area contributed by atoms with Crippen molar-refractivity contribution in [3.63, 3.8) is 0 Å². The van der Waals surface area contributed by atoms with Gasteiger partial charge in [-0.25, -0.2) is 0 Å². The zero-order chi connectivity index (χ0) is 10.1. The molecule has 72 valence electrons. The van der Waals surface area contributed by atoms with Crippen molar-refractivity contribution >= 4 is 5.82 Å². The molecule has 0 aromatic carbocycles. The maximum absolute atomic E-state index is 5.67. The molecule has 2 heterocycles. The molecule has 0 unspecified atom stereocenters. The van der Waals surface area contributed by atoms with Gasteiger partial charge in [0.15, 0.2) is 0 Å². The lowest BCUT2D eigenvalue weighted by molar-refractivity contribution is 1.10. The minimum Gasteiger partial charge on any atom is -0.382 e. The van der Waals surface area contributed by atoms with Crippen molar-refractivity contribution in [3.05, 3.63) is 29.6 Å².